The molecule has 0 aliphatic heterocycles. The van der Waals surface area contributed by atoms with E-state index in [4.69, 9.17) is 9.84 Å². The summed E-state index contributed by atoms with van der Waals surface area (Å²) >= 11 is 3.15. The molecule has 0 aliphatic rings. The van der Waals surface area contributed by atoms with Gasteiger partial charge < -0.3 is 20.5 Å². The zero-order valence-electron chi connectivity index (χ0n) is 12.1. The Balaban J connectivity index is 2.23. The minimum atomic E-state index is -1.08. The third-order valence-corrected chi connectivity index (χ3v) is 3.30. The summed E-state index contributed by atoms with van der Waals surface area (Å²) in [6.07, 6.45) is 0.0393. The van der Waals surface area contributed by atoms with Crippen molar-refractivity contribution in [2.75, 3.05) is 26.3 Å². The summed E-state index contributed by atoms with van der Waals surface area (Å²) in [6, 6.07) is 3.74. The lowest BCUT2D eigenvalue weighted by Gasteiger charge is -2.08. The van der Waals surface area contributed by atoms with Gasteiger partial charge in [-0.2, -0.15) is 0 Å². The number of rotatable bonds is 9. The van der Waals surface area contributed by atoms with E-state index in [2.05, 4.69) is 26.6 Å². The Hall–Kier alpha value is -2.00. The number of halogens is 2. The topological polar surface area (TPSA) is 105 Å². The lowest BCUT2D eigenvalue weighted by atomic mass is 10.2. The quantitative estimate of drug-likeness (QED) is 0.544. The SMILES string of the molecule is O=C(O)COCCNC(=O)CCNC(=O)c1cc(F)ccc1Br. The highest BCUT2D eigenvalue weighted by molar-refractivity contribution is 9.10. The zero-order chi connectivity index (χ0) is 17.2. The first-order valence-electron chi connectivity index (χ1n) is 6.69. The number of aliphatic carboxylic acids is 1. The van der Waals surface area contributed by atoms with Crippen LogP contribution in [-0.4, -0.2) is 49.2 Å². The molecule has 0 saturated carbocycles. The molecule has 0 radical (unpaired) electrons. The van der Waals surface area contributed by atoms with Crippen LogP contribution in [0.2, 0.25) is 0 Å². The van der Waals surface area contributed by atoms with E-state index >= 15 is 0 Å². The maximum absolute atomic E-state index is 13.1. The molecule has 0 heterocycles. The number of carbonyl (C=O) groups excluding carboxylic acids is 2. The van der Waals surface area contributed by atoms with Crippen molar-refractivity contribution in [3.63, 3.8) is 0 Å². The van der Waals surface area contributed by atoms with Crippen LogP contribution in [-0.2, 0) is 14.3 Å². The van der Waals surface area contributed by atoms with Crippen LogP contribution < -0.4 is 10.6 Å². The fourth-order valence-electron chi connectivity index (χ4n) is 1.57. The second kappa shape index (κ2) is 9.90. The molecule has 1 rings (SSSR count). The van der Waals surface area contributed by atoms with E-state index in [0.717, 1.165) is 6.07 Å². The number of carbonyl (C=O) groups is 3. The van der Waals surface area contributed by atoms with E-state index in [-0.39, 0.29) is 37.6 Å². The molecule has 0 unspecified atom stereocenters. The number of carboxylic acid groups (broad SMARTS) is 1. The Morgan fingerprint density at radius 2 is 1.96 bits per heavy atom. The van der Waals surface area contributed by atoms with Crippen LogP contribution in [0.15, 0.2) is 22.7 Å². The van der Waals surface area contributed by atoms with E-state index in [0.29, 0.717) is 4.47 Å². The Morgan fingerprint density at radius 3 is 2.65 bits per heavy atom. The summed E-state index contributed by atoms with van der Waals surface area (Å²) in [5.74, 6) is -2.42. The molecule has 9 heteroatoms. The second-order valence-corrected chi connectivity index (χ2v) is 5.28. The van der Waals surface area contributed by atoms with Crippen molar-refractivity contribution in [2.24, 2.45) is 0 Å². The normalized spacial score (nSPS) is 10.2. The fraction of sp³-hybridized carbons (Fsp3) is 0.357. The average molecular weight is 391 g/mol. The largest absolute Gasteiger partial charge is 0.480 e. The van der Waals surface area contributed by atoms with Gasteiger partial charge in [0.05, 0.1) is 12.2 Å². The van der Waals surface area contributed by atoms with Crippen molar-refractivity contribution in [1.29, 1.82) is 0 Å². The predicted octanol–water partition coefficient (Wildman–Crippen LogP) is 0.926. The van der Waals surface area contributed by atoms with Crippen LogP contribution in [0.1, 0.15) is 16.8 Å². The molecule has 126 valence electrons. The Labute approximate surface area is 140 Å². The summed E-state index contributed by atoms with van der Waals surface area (Å²) in [5.41, 5.74) is 0.146. The monoisotopic (exact) mass is 390 g/mol. The Morgan fingerprint density at radius 1 is 1.22 bits per heavy atom. The molecule has 0 fully saturated rings. The highest BCUT2D eigenvalue weighted by Gasteiger charge is 2.11. The molecule has 0 spiro atoms. The summed E-state index contributed by atoms with van der Waals surface area (Å²) in [5, 5.41) is 13.4. The highest BCUT2D eigenvalue weighted by Crippen LogP contribution is 2.17. The predicted molar refractivity (Wildman–Crippen MR) is 82.5 cm³/mol. The molecule has 23 heavy (non-hydrogen) atoms. The third kappa shape index (κ3) is 7.71. The van der Waals surface area contributed by atoms with Crippen LogP contribution in [0.5, 0.6) is 0 Å². The number of benzene rings is 1. The van der Waals surface area contributed by atoms with E-state index in [1.807, 2.05) is 0 Å². The number of carboxylic acids is 1. The van der Waals surface area contributed by atoms with Crippen molar-refractivity contribution in [3.05, 3.63) is 34.1 Å². The minimum Gasteiger partial charge on any atom is -0.480 e. The van der Waals surface area contributed by atoms with Crippen molar-refractivity contribution >= 4 is 33.7 Å². The molecule has 0 bridgehead atoms. The van der Waals surface area contributed by atoms with E-state index < -0.39 is 24.3 Å². The summed E-state index contributed by atoms with van der Waals surface area (Å²) in [4.78, 5) is 33.5. The van der Waals surface area contributed by atoms with Crippen molar-refractivity contribution < 1.29 is 28.6 Å². The van der Waals surface area contributed by atoms with Crippen LogP contribution in [0.3, 0.4) is 0 Å². The molecule has 0 aromatic heterocycles. The number of hydrogen-bond donors (Lipinski definition) is 3. The maximum Gasteiger partial charge on any atom is 0.329 e. The summed E-state index contributed by atoms with van der Waals surface area (Å²) in [6.45, 7) is -0.0752. The lowest BCUT2D eigenvalue weighted by molar-refractivity contribution is -0.142. The van der Waals surface area contributed by atoms with E-state index in [9.17, 15) is 18.8 Å². The van der Waals surface area contributed by atoms with Crippen LogP contribution in [0, 0.1) is 5.82 Å². The molecule has 3 N–H and O–H groups in total. The van der Waals surface area contributed by atoms with Crippen molar-refractivity contribution in [3.8, 4) is 0 Å². The van der Waals surface area contributed by atoms with E-state index in [1.54, 1.807) is 0 Å². The molecule has 0 aliphatic carbocycles. The molecular weight excluding hydrogens is 375 g/mol. The number of amides is 2. The summed E-state index contributed by atoms with van der Waals surface area (Å²) < 4.78 is 18.3. The van der Waals surface area contributed by atoms with Gasteiger partial charge in [0.1, 0.15) is 12.4 Å². The third-order valence-electron chi connectivity index (χ3n) is 2.60. The van der Waals surface area contributed by atoms with Crippen LogP contribution in [0.4, 0.5) is 4.39 Å². The van der Waals surface area contributed by atoms with Crippen LogP contribution >= 0.6 is 15.9 Å². The number of nitrogens with one attached hydrogen (secondary N) is 2. The molecule has 7 nitrogen and oxygen atoms in total. The van der Waals surface area contributed by atoms with Gasteiger partial charge in [0, 0.05) is 24.0 Å². The average Bonchev–Trinajstić information content (AvgIpc) is 2.49. The van der Waals surface area contributed by atoms with Gasteiger partial charge in [0.2, 0.25) is 5.91 Å². The van der Waals surface area contributed by atoms with Gasteiger partial charge in [0.25, 0.3) is 5.91 Å². The molecule has 2 amide bonds. The molecule has 1 aromatic rings. The van der Waals surface area contributed by atoms with Gasteiger partial charge in [0.15, 0.2) is 0 Å². The standard InChI is InChI=1S/C14H16BrFN2O5/c15-11-2-1-9(16)7-10(11)14(22)18-4-3-12(19)17-5-6-23-8-13(20)21/h1-2,7H,3-6,8H2,(H,17,19)(H,18,22)(H,20,21). The number of hydrogen-bond acceptors (Lipinski definition) is 4. The zero-order valence-corrected chi connectivity index (χ0v) is 13.7. The van der Waals surface area contributed by atoms with Gasteiger partial charge in [-0.15, -0.1) is 0 Å². The Kier molecular flexibility index (Phi) is 8.20. The fourth-order valence-corrected chi connectivity index (χ4v) is 1.99. The second-order valence-electron chi connectivity index (χ2n) is 4.43. The van der Waals surface area contributed by atoms with Crippen molar-refractivity contribution in [2.45, 2.75) is 6.42 Å². The van der Waals surface area contributed by atoms with Gasteiger partial charge in [-0.3, -0.25) is 9.59 Å². The van der Waals surface area contributed by atoms with E-state index in [1.165, 1.54) is 12.1 Å². The summed E-state index contributed by atoms with van der Waals surface area (Å²) in [7, 11) is 0. The smallest absolute Gasteiger partial charge is 0.329 e. The maximum atomic E-state index is 13.1. The minimum absolute atomic E-state index is 0.0393. The van der Waals surface area contributed by atoms with Crippen LogP contribution in [0.25, 0.3) is 0 Å². The molecular formula is C14H16BrFN2O5. The highest BCUT2D eigenvalue weighted by atomic mass is 79.9. The van der Waals surface area contributed by atoms with Gasteiger partial charge in [-0.05, 0) is 34.1 Å². The van der Waals surface area contributed by atoms with Gasteiger partial charge in [-0.25, -0.2) is 9.18 Å². The Bertz CT molecular complexity index is 582. The molecule has 0 saturated heterocycles. The van der Waals surface area contributed by atoms with Crippen molar-refractivity contribution in [1.82, 2.24) is 10.6 Å². The van der Waals surface area contributed by atoms with Gasteiger partial charge >= 0.3 is 5.97 Å². The first kappa shape index (κ1) is 19.0. The molecule has 1 aromatic carbocycles. The first-order chi connectivity index (χ1) is 10.9. The number of ether oxygens (including phenoxy) is 1. The first-order valence-corrected chi connectivity index (χ1v) is 7.49. The lowest BCUT2D eigenvalue weighted by Crippen LogP contribution is -2.32. The van der Waals surface area contributed by atoms with Gasteiger partial charge in [-0.1, -0.05) is 0 Å². The molecule has 0 atom stereocenters.